The fourth-order valence-corrected chi connectivity index (χ4v) is 4.67. The molecule has 1 amide bonds. The van der Waals surface area contributed by atoms with Crippen molar-refractivity contribution in [3.05, 3.63) is 58.8 Å². The normalized spacial score (nSPS) is 11.3. The summed E-state index contributed by atoms with van der Waals surface area (Å²) in [5, 5.41) is 17.1. The van der Waals surface area contributed by atoms with E-state index in [1.807, 2.05) is 29.6 Å². The number of hydrogen-bond acceptors (Lipinski definition) is 6. The maximum atomic E-state index is 11.9. The lowest BCUT2D eigenvalue weighted by Crippen LogP contribution is -2.22. The van der Waals surface area contributed by atoms with Crippen molar-refractivity contribution in [1.82, 2.24) is 5.06 Å². The highest BCUT2D eigenvalue weighted by Crippen LogP contribution is 2.40. The summed E-state index contributed by atoms with van der Waals surface area (Å²) >= 11 is 1.51. The molecule has 3 aromatic rings. The molecule has 0 aliphatic carbocycles. The highest BCUT2D eigenvalue weighted by Gasteiger charge is 2.18. The van der Waals surface area contributed by atoms with Crippen LogP contribution < -0.4 is 9.88 Å². The minimum atomic E-state index is -3.77. The van der Waals surface area contributed by atoms with Gasteiger partial charge >= 0.3 is 0 Å². The van der Waals surface area contributed by atoms with Crippen LogP contribution >= 0.6 is 11.3 Å². The quantitative estimate of drug-likeness (QED) is 0.426. The van der Waals surface area contributed by atoms with Crippen LogP contribution in [0, 0.1) is 0 Å². The van der Waals surface area contributed by atoms with E-state index in [4.69, 9.17) is 9.88 Å². The molecule has 0 saturated carbocycles. The van der Waals surface area contributed by atoms with E-state index in [2.05, 4.69) is 0 Å². The Morgan fingerprint density at radius 1 is 1.10 bits per heavy atom. The molecule has 0 saturated heterocycles. The Labute approximate surface area is 179 Å². The first-order valence-electron chi connectivity index (χ1n) is 9.04. The number of rotatable bonds is 7. The van der Waals surface area contributed by atoms with Crippen molar-refractivity contribution in [3.8, 4) is 28.0 Å². The summed E-state index contributed by atoms with van der Waals surface area (Å²) in [4.78, 5) is 12.9. The number of hydroxylamine groups is 2. The van der Waals surface area contributed by atoms with Crippen LogP contribution in [-0.4, -0.2) is 38.8 Å². The van der Waals surface area contributed by atoms with Crippen LogP contribution in [0.2, 0.25) is 0 Å². The first-order valence-corrected chi connectivity index (χ1v) is 11.5. The van der Waals surface area contributed by atoms with Gasteiger partial charge in [-0.3, -0.25) is 10.0 Å². The second kappa shape index (κ2) is 8.97. The standard InChI is InChI=1S/C21H22N2O5S2/c1-23(25)20(24)12-11-19-21(15-3-7-16(28-2)8-4-15)18(13-29-19)14-5-9-17(10-6-14)30(22,26)27/h3-10,13,25H,11-12H2,1-2H3,(H2,22,26,27). The molecule has 0 radical (unpaired) electrons. The Balaban J connectivity index is 2.05. The Hall–Kier alpha value is -2.72. The summed E-state index contributed by atoms with van der Waals surface area (Å²) in [5.74, 6) is 0.356. The summed E-state index contributed by atoms with van der Waals surface area (Å²) in [6.07, 6.45) is 0.630. The van der Waals surface area contributed by atoms with Gasteiger partial charge in [-0.2, -0.15) is 0 Å². The van der Waals surface area contributed by atoms with Crippen molar-refractivity contribution in [2.75, 3.05) is 14.2 Å². The number of carbonyl (C=O) groups excluding carboxylic acids is 1. The van der Waals surface area contributed by atoms with Crippen molar-refractivity contribution in [2.24, 2.45) is 5.14 Å². The lowest BCUT2D eigenvalue weighted by Gasteiger charge is -2.11. The molecule has 1 aromatic heterocycles. The molecule has 0 bridgehead atoms. The molecule has 9 heteroatoms. The molecule has 0 aliphatic heterocycles. The third kappa shape index (κ3) is 4.88. The van der Waals surface area contributed by atoms with Crippen LogP contribution in [-0.2, 0) is 21.2 Å². The lowest BCUT2D eigenvalue weighted by molar-refractivity contribution is -0.159. The van der Waals surface area contributed by atoms with Crippen molar-refractivity contribution in [3.63, 3.8) is 0 Å². The highest BCUT2D eigenvalue weighted by molar-refractivity contribution is 7.89. The minimum absolute atomic E-state index is 0.0456. The van der Waals surface area contributed by atoms with Gasteiger partial charge in [-0.1, -0.05) is 24.3 Å². The Morgan fingerprint density at radius 3 is 2.23 bits per heavy atom. The van der Waals surface area contributed by atoms with Gasteiger partial charge in [-0.05, 0) is 47.2 Å². The smallest absolute Gasteiger partial charge is 0.246 e. The predicted molar refractivity (Wildman–Crippen MR) is 116 cm³/mol. The molecule has 0 spiro atoms. The van der Waals surface area contributed by atoms with Crippen LogP contribution in [0.15, 0.2) is 58.8 Å². The number of methoxy groups -OCH3 is 1. The largest absolute Gasteiger partial charge is 0.497 e. The molecule has 0 unspecified atom stereocenters. The Morgan fingerprint density at radius 2 is 1.70 bits per heavy atom. The van der Waals surface area contributed by atoms with E-state index in [0.29, 0.717) is 11.5 Å². The fourth-order valence-electron chi connectivity index (χ4n) is 3.08. The third-order valence-electron chi connectivity index (χ3n) is 4.67. The molecule has 3 N–H and O–H groups in total. The fraction of sp³-hybridized carbons (Fsp3) is 0.190. The number of thiophene rings is 1. The van der Waals surface area contributed by atoms with E-state index in [1.165, 1.54) is 30.5 Å². The number of ether oxygens (including phenoxy) is 1. The van der Waals surface area contributed by atoms with E-state index >= 15 is 0 Å². The molecule has 30 heavy (non-hydrogen) atoms. The van der Waals surface area contributed by atoms with E-state index < -0.39 is 10.0 Å². The lowest BCUT2D eigenvalue weighted by atomic mass is 9.95. The molecule has 7 nitrogen and oxygen atoms in total. The molecule has 158 valence electrons. The minimum Gasteiger partial charge on any atom is -0.497 e. The van der Waals surface area contributed by atoms with E-state index in [-0.39, 0.29) is 17.2 Å². The maximum Gasteiger partial charge on any atom is 0.246 e. The Bertz CT molecular complexity index is 1140. The zero-order chi connectivity index (χ0) is 21.9. The molecular weight excluding hydrogens is 424 g/mol. The van der Waals surface area contributed by atoms with Gasteiger partial charge in [0, 0.05) is 29.5 Å². The average Bonchev–Trinajstić information content (AvgIpc) is 3.15. The van der Waals surface area contributed by atoms with Crippen LogP contribution in [0.1, 0.15) is 11.3 Å². The first-order chi connectivity index (χ1) is 14.2. The van der Waals surface area contributed by atoms with Crippen LogP contribution in [0.5, 0.6) is 5.75 Å². The maximum absolute atomic E-state index is 11.9. The van der Waals surface area contributed by atoms with Crippen LogP contribution in [0.25, 0.3) is 22.3 Å². The Kier molecular flexibility index (Phi) is 6.57. The van der Waals surface area contributed by atoms with E-state index in [9.17, 15) is 18.4 Å². The molecule has 1 heterocycles. The third-order valence-corrected chi connectivity index (χ3v) is 6.64. The summed E-state index contributed by atoms with van der Waals surface area (Å²) < 4.78 is 28.3. The van der Waals surface area contributed by atoms with Crippen LogP contribution in [0.3, 0.4) is 0 Å². The summed E-state index contributed by atoms with van der Waals surface area (Å²) in [6, 6.07) is 14.0. The first kappa shape index (κ1) is 22.0. The van der Waals surface area contributed by atoms with Gasteiger partial charge in [0.05, 0.1) is 12.0 Å². The number of sulfonamides is 1. The van der Waals surface area contributed by atoms with Gasteiger partial charge in [0.15, 0.2) is 0 Å². The van der Waals surface area contributed by atoms with Gasteiger partial charge in [-0.25, -0.2) is 18.6 Å². The van der Waals surface area contributed by atoms with Gasteiger partial charge in [-0.15, -0.1) is 11.3 Å². The number of hydrogen-bond donors (Lipinski definition) is 2. The second-order valence-corrected chi connectivity index (χ2v) is 9.19. The second-order valence-electron chi connectivity index (χ2n) is 6.66. The summed E-state index contributed by atoms with van der Waals surface area (Å²) in [6.45, 7) is 0. The summed E-state index contributed by atoms with van der Waals surface area (Å²) in [5.41, 5.74) is 3.66. The number of aryl methyl sites for hydroxylation is 1. The molecule has 0 atom stereocenters. The molecule has 0 fully saturated rings. The monoisotopic (exact) mass is 446 g/mol. The SMILES string of the molecule is COc1ccc(-c2c(-c3ccc(S(N)(=O)=O)cc3)csc2CCC(=O)N(C)O)cc1. The van der Waals surface area contributed by atoms with Gasteiger partial charge in [0.1, 0.15) is 5.75 Å². The zero-order valence-corrected chi connectivity index (χ0v) is 18.2. The number of benzene rings is 2. The zero-order valence-electron chi connectivity index (χ0n) is 16.5. The molecule has 2 aromatic carbocycles. The van der Waals surface area contributed by atoms with Gasteiger partial charge in [0.2, 0.25) is 15.9 Å². The number of nitrogens with zero attached hydrogens (tertiary/aromatic N) is 1. The van der Waals surface area contributed by atoms with E-state index in [0.717, 1.165) is 32.9 Å². The average molecular weight is 447 g/mol. The van der Waals surface area contributed by atoms with Crippen molar-refractivity contribution >= 4 is 27.3 Å². The number of carbonyl (C=O) groups is 1. The van der Waals surface area contributed by atoms with Crippen molar-refractivity contribution in [2.45, 2.75) is 17.7 Å². The number of primary sulfonamides is 1. The highest BCUT2D eigenvalue weighted by atomic mass is 32.2. The topological polar surface area (TPSA) is 110 Å². The predicted octanol–water partition coefficient (Wildman–Crippen LogP) is 3.52. The molecule has 0 aliphatic rings. The van der Waals surface area contributed by atoms with Crippen LogP contribution in [0.4, 0.5) is 0 Å². The van der Waals surface area contributed by atoms with Crippen molar-refractivity contribution < 1.29 is 23.2 Å². The number of amides is 1. The van der Waals surface area contributed by atoms with Crippen molar-refractivity contribution in [1.29, 1.82) is 0 Å². The molecular formula is C21H22N2O5S2. The van der Waals surface area contributed by atoms with Gasteiger partial charge < -0.3 is 4.74 Å². The van der Waals surface area contributed by atoms with E-state index in [1.54, 1.807) is 19.2 Å². The number of nitrogens with two attached hydrogens (primary N) is 1. The van der Waals surface area contributed by atoms with Gasteiger partial charge in [0.25, 0.3) is 0 Å². The summed E-state index contributed by atoms with van der Waals surface area (Å²) in [7, 11) is -0.867. The molecule has 3 rings (SSSR count).